The van der Waals surface area contributed by atoms with Crippen LogP contribution in [0.1, 0.15) is 36.0 Å². The minimum Gasteiger partial charge on any atom is -0.349 e. The number of nitrogens with zero attached hydrogens (tertiary/aromatic N) is 2. The van der Waals surface area contributed by atoms with Gasteiger partial charge in [-0.05, 0) is 36.3 Å². The first-order valence-corrected chi connectivity index (χ1v) is 6.12. The summed E-state index contributed by atoms with van der Waals surface area (Å²) < 4.78 is 0.303. The van der Waals surface area contributed by atoms with Gasteiger partial charge in [-0.25, -0.2) is 0 Å². The van der Waals surface area contributed by atoms with Crippen LogP contribution in [-0.2, 0) is 0 Å². The Morgan fingerprint density at radius 2 is 2.33 bits per heavy atom. The molecule has 1 saturated carbocycles. The molecule has 1 aromatic heterocycles. The maximum Gasteiger partial charge on any atom is 0.282 e. The average molecular weight is 246 g/mol. The van der Waals surface area contributed by atoms with Gasteiger partial charge in [0, 0.05) is 6.54 Å². The van der Waals surface area contributed by atoms with Crippen molar-refractivity contribution in [3.05, 3.63) is 9.47 Å². The molecule has 1 aliphatic rings. The lowest BCUT2D eigenvalue weighted by Crippen LogP contribution is -2.29. The van der Waals surface area contributed by atoms with Gasteiger partial charge >= 0.3 is 0 Å². The van der Waals surface area contributed by atoms with E-state index in [0.29, 0.717) is 14.9 Å². The molecule has 82 valence electrons. The molecule has 0 unspecified atom stereocenters. The van der Waals surface area contributed by atoms with Crippen molar-refractivity contribution in [2.24, 2.45) is 5.41 Å². The Bertz CT molecular complexity index is 375. The summed E-state index contributed by atoms with van der Waals surface area (Å²) in [4.78, 5) is 11.6. The van der Waals surface area contributed by atoms with E-state index in [1.54, 1.807) is 0 Å². The molecule has 1 amide bonds. The third-order valence-corrected chi connectivity index (χ3v) is 3.94. The predicted octanol–water partition coefficient (Wildman–Crippen LogP) is 2.11. The van der Waals surface area contributed by atoms with Crippen LogP contribution in [0.5, 0.6) is 0 Å². The Morgan fingerprint density at radius 3 is 2.80 bits per heavy atom. The zero-order chi connectivity index (χ0) is 10.9. The maximum atomic E-state index is 11.6. The summed E-state index contributed by atoms with van der Waals surface area (Å²) >= 11 is 6.70. The smallest absolute Gasteiger partial charge is 0.282 e. The van der Waals surface area contributed by atoms with E-state index in [-0.39, 0.29) is 5.91 Å². The summed E-state index contributed by atoms with van der Waals surface area (Å²) in [6.45, 7) is 2.89. The fourth-order valence-corrected chi connectivity index (χ4v) is 2.22. The van der Waals surface area contributed by atoms with Crippen LogP contribution in [0, 0.1) is 5.41 Å². The molecule has 0 radical (unpaired) electrons. The Balaban J connectivity index is 1.88. The van der Waals surface area contributed by atoms with Crippen molar-refractivity contribution >= 4 is 28.8 Å². The van der Waals surface area contributed by atoms with Crippen molar-refractivity contribution in [2.75, 3.05) is 6.54 Å². The van der Waals surface area contributed by atoms with Gasteiger partial charge in [0.2, 0.25) is 9.47 Å². The molecule has 0 aromatic carbocycles. The first-order valence-electron chi connectivity index (χ1n) is 4.92. The lowest BCUT2D eigenvalue weighted by Gasteiger charge is -2.11. The average Bonchev–Trinajstić information content (AvgIpc) is 2.90. The summed E-state index contributed by atoms with van der Waals surface area (Å²) in [6, 6.07) is 0. The number of amides is 1. The Hall–Kier alpha value is -0.680. The minimum atomic E-state index is -0.167. The quantitative estimate of drug-likeness (QED) is 0.884. The largest absolute Gasteiger partial charge is 0.349 e. The molecule has 2 rings (SSSR count). The number of rotatable bonds is 4. The van der Waals surface area contributed by atoms with E-state index in [0.717, 1.165) is 24.3 Å². The fraction of sp³-hybridized carbons (Fsp3) is 0.667. The topological polar surface area (TPSA) is 54.9 Å². The van der Waals surface area contributed by atoms with Crippen molar-refractivity contribution in [1.82, 2.24) is 15.5 Å². The van der Waals surface area contributed by atoms with Crippen molar-refractivity contribution in [3.8, 4) is 0 Å². The third-order valence-electron chi connectivity index (χ3n) is 2.93. The van der Waals surface area contributed by atoms with Crippen molar-refractivity contribution in [2.45, 2.75) is 26.2 Å². The fourth-order valence-electron chi connectivity index (χ4n) is 1.47. The molecule has 4 nitrogen and oxygen atoms in total. The zero-order valence-electron chi connectivity index (χ0n) is 8.42. The highest BCUT2D eigenvalue weighted by Gasteiger charge is 2.40. The second kappa shape index (κ2) is 4.06. The molecular formula is C9H12ClN3OS. The molecule has 0 saturated heterocycles. The number of hydrogen-bond acceptors (Lipinski definition) is 4. The van der Waals surface area contributed by atoms with Crippen LogP contribution < -0.4 is 5.32 Å². The molecule has 1 fully saturated rings. The van der Waals surface area contributed by atoms with Crippen molar-refractivity contribution in [1.29, 1.82) is 0 Å². The SMILES string of the molecule is CCC1(CNC(=O)c2nnc(Cl)s2)CC1. The summed E-state index contributed by atoms with van der Waals surface area (Å²) in [7, 11) is 0. The molecule has 0 atom stereocenters. The van der Waals surface area contributed by atoms with Crippen LogP contribution in [0.15, 0.2) is 0 Å². The number of nitrogens with one attached hydrogen (secondary N) is 1. The highest BCUT2D eigenvalue weighted by atomic mass is 35.5. The number of halogens is 1. The summed E-state index contributed by atoms with van der Waals surface area (Å²) in [5.74, 6) is -0.167. The van der Waals surface area contributed by atoms with E-state index in [1.807, 2.05) is 0 Å². The highest BCUT2D eigenvalue weighted by Crippen LogP contribution is 2.47. The Labute approximate surface area is 97.0 Å². The van der Waals surface area contributed by atoms with Gasteiger partial charge in [0.1, 0.15) is 0 Å². The third kappa shape index (κ3) is 2.46. The van der Waals surface area contributed by atoms with Gasteiger partial charge in [0.25, 0.3) is 5.91 Å². The van der Waals surface area contributed by atoms with Gasteiger partial charge in [-0.15, -0.1) is 10.2 Å². The minimum absolute atomic E-state index is 0.167. The molecule has 1 aliphatic carbocycles. The van der Waals surface area contributed by atoms with Crippen LogP contribution in [0.4, 0.5) is 0 Å². The summed E-state index contributed by atoms with van der Waals surface area (Å²) in [5.41, 5.74) is 0.351. The predicted molar refractivity (Wildman–Crippen MR) is 59.2 cm³/mol. The van der Waals surface area contributed by atoms with Crippen LogP contribution in [0.2, 0.25) is 4.47 Å². The first-order chi connectivity index (χ1) is 7.15. The van der Waals surface area contributed by atoms with E-state index in [1.165, 1.54) is 12.8 Å². The molecule has 0 aliphatic heterocycles. The van der Waals surface area contributed by atoms with E-state index in [2.05, 4.69) is 22.4 Å². The molecular weight excluding hydrogens is 234 g/mol. The monoisotopic (exact) mass is 245 g/mol. The zero-order valence-corrected chi connectivity index (χ0v) is 9.99. The Morgan fingerprint density at radius 1 is 1.60 bits per heavy atom. The normalized spacial score (nSPS) is 17.5. The van der Waals surface area contributed by atoms with Gasteiger partial charge < -0.3 is 5.32 Å². The van der Waals surface area contributed by atoms with Crippen LogP contribution in [0.25, 0.3) is 0 Å². The van der Waals surface area contributed by atoms with Crippen LogP contribution in [0.3, 0.4) is 0 Å². The van der Waals surface area contributed by atoms with Crippen LogP contribution in [-0.4, -0.2) is 22.6 Å². The summed E-state index contributed by atoms with van der Waals surface area (Å²) in [6.07, 6.45) is 3.53. The number of carbonyl (C=O) groups is 1. The molecule has 0 spiro atoms. The second-order valence-electron chi connectivity index (χ2n) is 3.90. The summed E-state index contributed by atoms with van der Waals surface area (Å²) in [5, 5.41) is 10.5. The number of carbonyl (C=O) groups excluding carboxylic acids is 1. The maximum absolute atomic E-state index is 11.6. The Kier molecular flexibility index (Phi) is 2.93. The first kappa shape index (κ1) is 10.8. The van der Waals surface area contributed by atoms with E-state index < -0.39 is 0 Å². The van der Waals surface area contributed by atoms with E-state index in [9.17, 15) is 4.79 Å². The number of aromatic nitrogens is 2. The molecule has 6 heteroatoms. The molecule has 15 heavy (non-hydrogen) atoms. The van der Waals surface area contributed by atoms with Gasteiger partial charge in [0.15, 0.2) is 0 Å². The van der Waals surface area contributed by atoms with Gasteiger partial charge in [-0.1, -0.05) is 18.3 Å². The lowest BCUT2D eigenvalue weighted by atomic mass is 10.0. The highest BCUT2D eigenvalue weighted by molar-refractivity contribution is 7.17. The molecule has 0 bridgehead atoms. The molecule has 1 heterocycles. The van der Waals surface area contributed by atoms with Gasteiger partial charge in [-0.2, -0.15) is 0 Å². The lowest BCUT2D eigenvalue weighted by molar-refractivity contribution is 0.0943. The van der Waals surface area contributed by atoms with Crippen LogP contribution >= 0.6 is 22.9 Å². The van der Waals surface area contributed by atoms with Gasteiger partial charge in [0.05, 0.1) is 0 Å². The molecule has 1 aromatic rings. The van der Waals surface area contributed by atoms with E-state index in [4.69, 9.17) is 11.6 Å². The van der Waals surface area contributed by atoms with Crippen molar-refractivity contribution in [3.63, 3.8) is 0 Å². The van der Waals surface area contributed by atoms with E-state index >= 15 is 0 Å². The second-order valence-corrected chi connectivity index (χ2v) is 5.46. The standard InChI is InChI=1S/C9H12ClN3OS/c1-2-9(3-4-9)5-11-6(14)7-12-13-8(10)15-7/h2-5H2,1H3,(H,11,14). The molecule has 1 N–H and O–H groups in total. The number of hydrogen-bond donors (Lipinski definition) is 1. The van der Waals surface area contributed by atoms with Gasteiger partial charge in [-0.3, -0.25) is 4.79 Å². The van der Waals surface area contributed by atoms with Crippen molar-refractivity contribution < 1.29 is 4.79 Å².